The monoisotopic (exact) mass is 305 g/mol. The maximum Gasteiger partial charge on any atom is 0.285 e. The molecule has 110 valence electrons. The number of para-hydroxylation sites is 1. The van der Waals surface area contributed by atoms with Gasteiger partial charge in [-0.1, -0.05) is 29.8 Å². The SMILES string of the molecule is COc1ccccc1C1CCN(c2cn[nH]c(=O)c2Cl)C1. The van der Waals surface area contributed by atoms with Crippen LogP contribution in [0.3, 0.4) is 0 Å². The van der Waals surface area contributed by atoms with E-state index in [-0.39, 0.29) is 10.6 Å². The number of halogens is 1. The maximum atomic E-state index is 11.6. The number of benzene rings is 1. The molecule has 5 nitrogen and oxygen atoms in total. The molecule has 0 amide bonds. The van der Waals surface area contributed by atoms with Gasteiger partial charge in [0.2, 0.25) is 0 Å². The Bertz CT molecular complexity index is 701. The summed E-state index contributed by atoms with van der Waals surface area (Å²) in [5.41, 5.74) is 1.53. The van der Waals surface area contributed by atoms with Crippen molar-refractivity contribution in [3.05, 3.63) is 51.4 Å². The zero-order chi connectivity index (χ0) is 14.8. The first kappa shape index (κ1) is 13.9. The lowest BCUT2D eigenvalue weighted by Crippen LogP contribution is -2.23. The van der Waals surface area contributed by atoms with Gasteiger partial charge in [-0.15, -0.1) is 0 Å². The van der Waals surface area contributed by atoms with Gasteiger partial charge in [-0.25, -0.2) is 5.10 Å². The lowest BCUT2D eigenvalue weighted by Gasteiger charge is -2.19. The summed E-state index contributed by atoms with van der Waals surface area (Å²) >= 11 is 6.08. The van der Waals surface area contributed by atoms with Gasteiger partial charge in [0.15, 0.2) is 0 Å². The van der Waals surface area contributed by atoms with Gasteiger partial charge < -0.3 is 9.64 Å². The molecule has 1 fully saturated rings. The van der Waals surface area contributed by atoms with Crippen molar-refractivity contribution < 1.29 is 4.74 Å². The van der Waals surface area contributed by atoms with Crippen molar-refractivity contribution in [3.63, 3.8) is 0 Å². The molecule has 21 heavy (non-hydrogen) atoms. The lowest BCUT2D eigenvalue weighted by molar-refractivity contribution is 0.406. The Balaban J connectivity index is 1.85. The van der Waals surface area contributed by atoms with Crippen LogP contribution >= 0.6 is 11.6 Å². The first-order valence-electron chi connectivity index (χ1n) is 6.81. The van der Waals surface area contributed by atoms with Crippen molar-refractivity contribution in [2.45, 2.75) is 12.3 Å². The molecule has 1 saturated heterocycles. The highest BCUT2D eigenvalue weighted by atomic mass is 35.5. The summed E-state index contributed by atoms with van der Waals surface area (Å²) in [6, 6.07) is 8.04. The summed E-state index contributed by atoms with van der Waals surface area (Å²) in [5.74, 6) is 1.26. The third-order valence-electron chi connectivity index (χ3n) is 3.88. The molecule has 1 aliphatic heterocycles. The summed E-state index contributed by atoms with van der Waals surface area (Å²) in [5, 5.41) is 6.37. The number of methoxy groups -OCH3 is 1. The number of hydrogen-bond acceptors (Lipinski definition) is 4. The number of rotatable bonds is 3. The Hall–Kier alpha value is -2.01. The molecule has 1 aliphatic rings. The Morgan fingerprint density at radius 2 is 2.24 bits per heavy atom. The predicted molar refractivity (Wildman–Crippen MR) is 82.4 cm³/mol. The van der Waals surface area contributed by atoms with Crippen LogP contribution in [0.1, 0.15) is 17.9 Å². The van der Waals surface area contributed by atoms with Crippen LogP contribution in [0.15, 0.2) is 35.3 Å². The molecule has 0 spiro atoms. The topological polar surface area (TPSA) is 58.2 Å². The third-order valence-corrected chi connectivity index (χ3v) is 4.25. The Morgan fingerprint density at radius 3 is 3.05 bits per heavy atom. The standard InChI is InChI=1S/C15H16ClN3O2/c1-21-13-5-3-2-4-11(13)10-6-7-19(9-10)12-8-17-18-15(20)14(12)16/h2-5,8,10H,6-7,9H2,1H3,(H,18,20). The Morgan fingerprint density at radius 1 is 1.43 bits per heavy atom. The second-order valence-electron chi connectivity index (χ2n) is 5.07. The number of hydrogen-bond donors (Lipinski definition) is 1. The van der Waals surface area contributed by atoms with Gasteiger partial charge >= 0.3 is 0 Å². The van der Waals surface area contributed by atoms with E-state index >= 15 is 0 Å². The Labute approximate surface area is 127 Å². The molecule has 0 radical (unpaired) electrons. The van der Waals surface area contributed by atoms with Gasteiger partial charge in [-0.3, -0.25) is 4.79 Å². The molecule has 2 heterocycles. The van der Waals surface area contributed by atoms with Crippen LogP contribution in [-0.2, 0) is 0 Å². The van der Waals surface area contributed by atoms with Crippen molar-refractivity contribution in [1.82, 2.24) is 10.2 Å². The van der Waals surface area contributed by atoms with Crippen LogP contribution in [-0.4, -0.2) is 30.4 Å². The van der Waals surface area contributed by atoms with Crippen molar-refractivity contribution in [2.75, 3.05) is 25.1 Å². The van der Waals surface area contributed by atoms with Gasteiger partial charge in [0.25, 0.3) is 5.56 Å². The number of H-pyrrole nitrogens is 1. The van der Waals surface area contributed by atoms with Gasteiger partial charge in [0.1, 0.15) is 10.8 Å². The van der Waals surface area contributed by atoms with Crippen molar-refractivity contribution in [2.24, 2.45) is 0 Å². The van der Waals surface area contributed by atoms with Gasteiger partial charge in [-0.2, -0.15) is 5.10 Å². The molecule has 3 rings (SSSR count). The average molecular weight is 306 g/mol. The first-order chi connectivity index (χ1) is 10.2. The fourth-order valence-corrected chi connectivity index (χ4v) is 3.04. The van der Waals surface area contributed by atoms with E-state index in [0.29, 0.717) is 11.6 Å². The van der Waals surface area contributed by atoms with E-state index in [4.69, 9.17) is 16.3 Å². The van der Waals surface area contributed by atoms with E-state index < -0.39 is 0 Å². The molecule has 1 aromatic carbocycles. The summed E-state index contributed by atoms with van der Waals surface area (Å²) in [6.07, 6.45) is 2.60. The molecule has 1 aromatic heterocycles. The fourth-order valence-electron chi connectivity index (χ4n) is 2.83. The molecule has 2 aromatic rings. The first-order valence-corrected chi connectivity index (χ1v) is 7.19. The van der Waals surface area contributed by atoms with Crippen LogP contribution in [0.2, 0.25) is 5.02 Å². The summed E-state index contributed by atoms with van der Waals surface area (Å²) in [6.45, 7) is 1.64. The quantitative estimate of drug-likeness (QED) is 0.946. The van der Waals surface area contributed by atoms with E-state index in [1.807, 2.05) is 18.2 Å². The Kier molecular flexibility index (Phi) is 3.84. The highest BCUT2D eigenvalue weighted by molar-refractivity contribution is 6.33. The lowest BCUT2D eigenvalue weighted by atomic mass is 9.97. The number of anilines is 1. The molecule has 1 N–H and O–H groups in total. The third kappa shape index (κ3) is 2.61. The summed E-state index contributed by atoms with van der Waals surface area (Å²) in [7, 11) is 1.68. The highest BCUT2D eigenvalue weighted by Gasteiger charge is 2.27. The van der Waals surface area contributed by atoms with E-state index in [1.54, 1.807) is 13.3 Å². The van der Waals surface area contributed by atoms with Crippen molar-refractivity contribution in [3.8, 4) is 5.75 Å². The molecule has 0 bridgehead atoms. The van der Waals surface area contributed by atoms with E-state index in [1.165, 1.54) is 5.56 Å². The average Bonchev–Trinajstić information content (AvgIpc) is 2.99. The molecular formula is C15H16ClN3O2. The van der Waals surface area contributed by atoms with Crippen LogP contribution in [0.25, 0.3) is 0 Å². The second-order valence-corrected chi connectivity index (χ2v) is 5.45. The van der Waals surface area contributed by atoms with E-state index in [9.17, 15) is 4.79 Å². The normalized spacial score (nSPS) is 18.0. The largest absolute Gasteiger partial charge is 0.496 e. The molecule has 0 saturated carbocycles. The number of aromatic amines is 1. The molecule has 1 unspecified atom stereocenters. The van der Waals surface area contributed by atoms with Gasteiger partial charge in [0.05, 0.1) is 19.0 Å². The van der Waals surface area contributed by atoms with Crippen LogP contribution in [0, 0.1) is 0 Å². The van der Waals surface area contributed by atoms with Crippen LogP contribution in [0.4, 0.5) is 5.69 Å². The molecular weight excluding hydrogens is 290 g/mol. The van der Waals surface area contributed by atoms with Crippen LogP contribution in [0.5, 0.6) is 5.75 Å². The molecule has 0 aliphatic carbocycles. The predicted octanol–water partition coefficient (Wildman–Crippen LogP) is 2.43. The minimum atomic E-state index is -0.352. The van der Waals surface area contributed by atoms with Gasteiger partial charge in [0, 0.05) is 19.0 Å². The van der Waals surface area contributed by atoms with E-state index in [2.05, 4.69) is 21.2 Å². The van der Waals surface area contributed by atoms with E-state index in [0.717, 1.165) is 25.3 Å². The molecule has 6 heteroatoms. The van der Waals surface area contributed by atoms with Gasteiger partial charge in [-0.05, 0) is 18.1 Å². The summed E-state index contributed by atoms with van der Waals surface area (Å²) < 4.78 is 5.43. The zero-order valence-electron chi connectivity index (χ0n) is 11.7. The number of ether oxygens (including phenoxy) is 1. The number of nitrogens with zero attached hydrogens (tertiary/aromatic N) is 2. The smallest absolute Gasteiger partial charge is 0.285 e. The molecule has 1 atom stereocenters. The maximum absolute atomic E-state index is 11.6. The fraction of sp³-hybridized carbons (Fsp3) is 0.333. The van der Waals surface area contributed by atoms with Crippen molar-refractivity contribution in [1.29, 1.82) is 0 Å². The van der Waals surface area contributed by atoms with Crippen LogP contribution < -0.4 is 15.2 Å². The zero-order valence-corrected chi connectivity index (χ0v) is 12.4. The van der Waals surface area contributed by atoms with Crippen molar-refractivity contribution >= 4 is 17.3 Å². The highest BCUT2D eigenvalue weighted by Crippen LogP contribution is 2.36. The minimum absolute atomic E-state index is 0.200. The summed E-state index contributed by atoms with van der Waals surface area (Å²) in [4.78, 5) is 13.7. The second kappa shape index (κ2) is 5.77. The number of nitrogens with one attached hydrogen (secondary N) is 1. The number of aromatic nitrogens is 2. The minimum Gasteiger partial charge on any atom is -0.496 e.